The molecule has 4 aromatic carbocycles. The van der Waals surface area contributed by atoms with Crippen LogP contribution in [0.3, 0.4) is 0 Å². The summed E-state index contributed by atoms with van der Waals surface area (Å²) in [4.78, 5) is 78.4. The van der Waals surface area contributed by atoms with E-state index in [4.69, 9.17) is 19.4 Å². The summed E-state index contributed by atoms with van der Waals surface area (Å²) in [7, 11) is 2.51. The van der Waals surface area contributed by atoms with Crippen LogP contribution < -0.4 is 25.3 Å². The van der Waals surface area contributed by atoms with Gasteiger partial charge in [-0.2, -0.15) is 13.2 Å². The number of methoxy groups -OCH3 is 2. The fraction of sp³-hybridized carbons (Fsp3) is 0.474. The number of benzene rings is 4. The standard InChI is InChI=1S/C57H66F5N11O6/c1-31(2)48(67-55(76)78-5)53(74)71-21-7-9-46(71)51-63-40-17-11-33(27-42(40)65-51)44-19-20-45(34-12-18-41-43(28-34)66-52(64-41)47-10-8-22-72(47)54(75)49(32(3)4)68-56(77)79-6)73(44)37-29-38(58)50(39(59)30-37)70-25-23-69(24-26-70)36-15-13-35(14-16-36)57(60,61)62/h11-18,27-32,44-49H,7-10,19-26H2,1-6H3,(H,63,65)(H,64,66)(H,67,76)(H,68,77)/t44-,45-,46+,47+,48+,49+/m1/s1. The first-order valence-electron chi connectivity index (χ1n) is 27.0. The third-order valence-electron chi connectivity index (χ3n) is 16.1. The van der Waals surface area contributed by atoms with E-state index < -0.39 is 47.6 Å². The molecule has 4 amide bonds. The van der Waals surface area contributed by atoms with Crippen LogP contribution >= 0.6 is 0 Å². The number of nitrogens with one attached hydrogen (secondary N) is 4. The first kappa shape index (κ1) is 54.7. The third kappa shape index (κ3) is 10.9. The molecule has 4 saturated heterocycles. The minimum Gasteiger partial charge on any atom is -0.453 e. The molecular formula is C57H66F5N11O6. The van der Waals surface area contributed by atoms with Crippen molar-refractivity contribution in [1.29, 1.82) is 0 Å². The van der Waals surface area contributed by atoms with Crippen molar-refractivity contribution in [2.75, 3.05) is 68.2 Å². The number of halogens is 5. The second-order valence-electron chi connectivity index (χ2n) is 21.7. The van der Waals surface area contributed by atoms with E-state index in [1.54, 1.807) is 14.7 Å². The van der Waals surface area contributed by atoms with Gasteiger partial charge in [-0.3, -0.25) is 9.59 Å². The summed E-state index contributed by atoms with van der Waals surface area (Å²) >= 11 is 0. The van der Waals surface area contributed by atoms with Gasteiger partial charge < -0.3 is 54.6 Å². The number of nitrogens with zero attached hydrogens (tertiary/aromatic N) is 7. The van der Waals surface area contributed by atoms with E-state index in [0.717, 1.165) is 47.1 Å². The maximum Gasteiger partial charge on any atom is 0.416 e. The topological polar surface area (TPSA) is 184 Å². The Morgan fingerprint density at radius 1 is 0.582 bits per heavy atom. The predicted molar refractivity (Wildman–Crippen MR) is 287 cm³/mol. The number of hydrogen-bond donors (Lipinski definition) is 4. The average Bonchev–Trinajstić information content (AvgIpc) is 4.47. The minimum atomic E-state index is -4.47. The van der Waals surface area contributed by atoms with Gasteiger partial charge in [0.2, 0.25) is 11.8 Å². The Morgan fingerprint density at radius 3 is 1.44 bits per heavy atom. The highest BCUT2D eigenvalue weighted by Crippen LogP contribution is 2.49. The van der Waals surface area contributed by atoms with E-state index in [0.29, 0.717) is 85.9 Å². The monoisotopic (exact) mass is 1100 g/mol. The Kier molecular flexibility index (Phi) is 15.4. The summed E-state index contributed by atoms with van der Waals surface area (Å²) in [5.41, 5.74) is 4.51. The molecule has 0 aliphatic carbocycles. The van der Waals surface area contributed by atoms with Gasteiger partial charge in [-0.1, -0.05) is 39.8 Å². The van der Waals surface area contributed by atoms with Crippen LogP contribution in [0.25, 0.3) is 22.1 Å². The first-order chi connectivity index (χ1) is 37.8. The van der Waals surface area contributed by atoms with Crippen LogP contribution in [0.2, 0.25) is 0 Å². The molecule has 0 bridgehead atoms. The highest BCUT2D eigenvalue weighted by molar-refractivity contribution is 5.88. The van der Waals surface area contributed by atoms with Crippen molar-refractivity contribution in [2.24, 2.45) is 11.8 Å². The molecule has 0 saturated carbocycles. The number of alkyl halides is 3. The number of carbonyl (C=O) groups excluding carboxylic acids is 4. The molecule has 0 radical (unpaired) electrons. The van der Waals surface area contributed by atoms with Gasteiger partial charge in [0.25, 0.3) is 0 Å². The molecule has 10 rings (SSSR count). The van der Waals surface area contributed by atoms with Crippen LogP contribution in [0.4, 0.5) is 48.6 Å². The molecule has 4 aliphatic rings. The quantitative estimate of drug-likeness (QED) is 0.0807. The maximum atomic E-state index is 16.9. The summed E-state index contributed by atoms with van der Waals surface area (Å²) in [6.45, 7) is 9.53. The van der Waals surface area contributed by atoms with E-state index in [2.05, 4.69) is 25.5 Å². The second-order valence-corrected chi connectivity index (χ2v) is 21.7. The first-order valence-corrected chi connectivity index (χ1v) is 27.0. The lowest BCUT2D eigenvalue weighted by molar-refractivity contribution is -0.138. The Morgan fingerprint density at radius 2 is 1.03 bits per heavy atom. The molecule has 6 atom stereocenters. The number of H-pyrrole nitrogens is 2. The van der Waals surface area contributed by atoms with E-state index >= 15 is 8.78 Å². The Hall–Kier alpha value is -7.65. The number of aromatic nitrogens is 4. The number of hydrogen-bond acceptors (Lipinski definition) is 11. The van der Waals surface area contributed by atoms with E-state index in [1.165, 1.54) is 38.5 Å². The van der Waals surface area contributed by atoms with Crippen molar-refractivity contribution in [3.05, 3.63) is 113 Å². The normalized spacial score (nSPS) is 20.7. The van der Waals surface area contributed by atoms with Crippen molar-refractivity contribution in [3.63, 3.8) is 0 Å². The molecule has 17 nitrogen and oxygen atoms in total. The number of anilines is 3. The lowest BCUT2D eigenvalue weighted by Gasteiger charge is -2.38. The highest BCUT2D eigenvalue weighted by atomic mass is 19.4. The van der Waals surface area contributed by atoms with Gasteiger partial charge in [-0.15, -0.1) is 0 Å². The summed E-state index contributed by atoms with van der Waals surface area (Å²) in [6, 6.07) is 16.3. The Balaban J connectivity index is 0.957. The number of alkyl carbamates (subject to hydrolysis) is 2. The van der Waals surface area contributed by atoms with Crippen LogP contribution in [0.15, 0.2) is 72.8 Å². The molecule has 6 aromatic rings. The molecule has 4 aliphatic heterocycles. The zero-order valence-corrected chi connectivity index (χ0v) is 45.0. The summed E-state index contributed by atoms with van der Waals surface area (Å²) < 4.78 is 83.2. The highest BCUT2D eigenvalue weighted by Gasteiger charge is 2.41. The smallest absolute Gasteiger partial charge is 0.416 e. The molecule has 420 valence electrons. The number of likely N-dealkylation sites (tertiary alicyclic amines) is 2. The maximum absolute atomic E-state index is 16.9. The van der Waals surface area contributed by atoms with E-state index in [-0.39, 0.29) is 66.6 Å². The van der Waals surface area contributed by atoms with Crippen molar-refractivity contribution in [1.82, 2.24) is 40.4 Å². The second kappa shape index (κ2) is 22.2. The zero-order chi connectivity index (χ0) is 56.0. The Labute approximate surface area is 454 Å². The number of carbonyl (C=O) groups is 4. The molecule has 79 heavy (non-hydrogen) atoms. The molecule has 2 aromatic heterocycles. The fourth-order valence-corrected chi connectivity index (χ4v) is 12.1. The predicted octanol–water partition coefficient (Wildman–Crippen LogP) is 10.2. The SMILES string of the molecule is COC(=O)N[C@H](C(=O)N1CCC[C@H]1c1nc2ccc([C@H]3CC[C@H](c4ccc5nc([C@@H]6CCCN6C(=O)[C@@H](NC(=O)OC)C(C)C)[nH]c5c4)N3c3cc(F)c(N4CCN(c5ccc(C(F)(F)F)cc5)CC4)c(F)c3)cc2[nH]1)C(C)C. The van der Waals surface area contributed by atoms with Gasteiger partial charge in [-0.05, 0) is 122 Å². The number of aromatic amines is 2. The van der Waals surface area contributed by atoms with Gasteiger partial charge in [0, 0.05) is 50.6 Å². The molecule has 22 heteroatoms. The third-order valence-corrected chi connectivity index (χ3v) is 16.1. The number of fused-ring (bicyclic) bond motifs is 2. The summed E-state index contributed by atoms with van der Waals surface area (Å²) in [6.07, 6.45) is -1.84. The molecule has 4 N–H and O–H groups in total. The van der Waals surface area contributed by atoms with Crippen molar-refractivity contribution >= 4 is 63.1 Å². The van der Waals surface area contributed by atoms with Crippen LogP contribution in [0.5, 0.6) is 0 Å². The summed E-state index contributed by atoms with van der Waals surface area (Å²) in [5.74, 6) is -1.16. The lowest BCUT2D eigenvalue weighted by Crippen LogP contribution is -2.51. The van der Waals surface area contributed by atoms with Crippen molar-refractivity contribution < 1.29 is 50.6 Å². The summed E-state index contributed by atoms with van der Waals surface area (Å²) in [5, 5.41) is 5.39. The van der Waals surface area contributed by atoms with Gasteiger partial charge >= 0.3 is 18.4 Å². The zero-order valence-electron chi connectivity index (χ0n) is 45.0. The van der Waals surface area contributed by atoms with Crippen LogP contribution in [-0.2, 0) is 25.2 Å². The number of ether oxygens (including phenoxy) is 2. The number of amides is 4. The Bertz CT molecular complexity index is 3060. The van der Waals surface area contributed by atoms with Crippen LogP contribution in [0, 0.1) is 23.5 Å². The van der Waals surface area contributed by atoms with E-state index in [9.17, 15) is 32.3 Å². The minimum absolute atomic E-state index is 0.179. The van der Waals surface area contributed by atoms with E-state index in [1.807, 2.05) is 69.0 Å². The van der Waals surface area contributed by atoms with Crippen molar-refractivity contribution in [2.45, 2.75) is 109 Å². The molecule has 6 heterocycles. The molecule has 4 fully saturated rings. The van der Waals surface area contributed by atoms with Gasteiger partial charge in [0.1, 0.15) is 29.4 Å². The van der Waals surface area contributed by atoms with Crippen molar-refractivity contribution in [3.8, 4) is 0 Å². The van der Waals surface area contributed by atoms with Crippen LogP contribution in [0.1, 0.15) is 119 Å². The van der Waals surface area contributed by atoms with Gasteiger partial charge in [0.15, 0.2) is 11.6 Å². The largest absolute Gasteiger partial charge is 0.453 e. The number of rotatable bonds is 13. The molecule has 0 spiro atoms. The fourth-order valence-electron chi connectivity index (χ4n) is 12.1. The van der Waals surface area contributed by atoms with Gasteiger partial charge in [-0.25, -0.2) is 28.3 Å². The molecule has 0 unspecified atom stereocenters. The average molecular weight is 1100 g/mol. The van der Waals surface area contributed by atoms with Gasteiger partial charge in [0.05, 0.1) is 66.0 Å². The lowest BCUT2D eigenvalue weighted by atomic mass is 10.0. The number of imidazole rings is 2. The van der Waals surface area contributed by atoms with Crippen LogP contribution in [-0.4, -0.2) is 119 Å². The molecular weight excluding hydrogens is 1030 g/mol. The number of piperazine rings is 1.